The van der Waals surface area contributed by atoms with Crippen molar-refractivity contribution in [2.45, 2.75) is 46.5 Å². The van der Waals surface area contributed by atoms with E-state index in [0.717, 1.165) is 5.06 Å². The van der Waals surface area contributed by atoms with Gasteiger partial charge in [0.25, 0.3) is 5.91 Å². The third-order valence-electron chi connectivity index (χ3n) is 3.41. The fraction of sp³-hybridized carbons (Fsp3) is 0.750. The molecule has 0 N–H and O–H groups in total. The first kappa shape index (κ1) is 13.7. The van der Waals surface area contributed by atoms with Crippen molar-refractivity contribution in [2.75, 3.05) is 6.54 Å². The van der Waals surface area contributed by atoms with Crippen molar-refractivity contribution in [1.82, 2.24) is 5.06 Å². The molecule has 1 saturated heterocycles. The van der Waals surface area contributed by atoms with E-state index in [-0.39, 0.29) is 24.7 Å². The van der Waals surface area contributed by atoms with E-state index in [2.05, 4.69) is 0 Å². The summed E-state index contributed by atoms with van der Waals surface area (Å²) in [7, 11) is 0. The molecule has 0 bridgehead atoms. The summed E-state index contributed by atoms with van der Waals surface area (Å²) >= 11 is 0. The largest absolute Gasteiger partial charge is 0.348 e. The van der Waals surface area contributed by atoms with Crippen LogP contribution in [0.4, 0.5) is 0 Å². The zero-order valence-corrected chi connectivity index (χ0v) is 10.6. The Kier molecular flexibility index (Phi) is 4.26. The zero-order valence-electron chi connectivity index (χ0n) is 10.6. The summed E-state index contributed by atoms with van der Waals surface area (Å²) in [5.41, 5.74) is -1.03. The van der Waals surface area contributed by atoms with Gasteiger partial charge in [0.05, 0.1) is 6.54 Å². The van der Waals surface area contributed by atoms with Gasteiger partial charge >= 0.3 is 5.97 Å². The predicted molar refractivity (Wildman–Crippen MR) is 60.7 cm³/mol. The number of Topliss-reactive ketones (excluding diaryl/α,β-unsaturated/α-hetero) is 1. The Morgan fingerprint density at radius 3 is 2.24 bits per heavy atom. The van der Waals surface area contributed by atoms with Gasteiger partial charge in [0.2, 0.25) is 0 Å². The Morgan fingerprint density at radius 1 is 1.24 bits per heavy atom. The van der Waals surface area contributed by atoms with E-state index in [4.69, 9.17) is 4.84 Å². The number of hydroxylamine groups is 2. The molecule has 1 rings (SSSR count). The molecule has 1 aliphatic rings. The Morgan fingerprint density at radius 2 is 1.82 bits per heavy atom. The van der Waals surface area contributed by atoms with Gasteiger partial charge in [-0.1, -0.05) is 20.8 Å². The maximum absolute atomic E-state index is 12.1. The van der Waals surface area contributed by atoms with Crippen LogP contribution in [0.1, 0.15) is 46.5 Å². The highest BCUT2D eigenvalue weighted by atomic mass is 16.7. The summed E-state index contributed by atoms with van der Waals surface area (Å²) in [4.78, 5) is 39.9. The minimum Gasteiger partial charge on any atom is -0.337 e. The van der Waals surface area contributed by atoms with Crippen LogP contribution in [0.15, 0.2) is 0 Å². The number of nitrogens with zero attached hydrogens (tertiary/aromatic N) is 1. The third-order valence-corrected chi connectivity index (χ3v) is 3.41. The second kappa shape index (κ2) is 5.29. The van der Waals surface area contributed by atoms with Gasteiger partial charge in [-0.2, -0.15) is 5.06 Å². The molecule has 5 nitrogen and oxygen atoms in total. The lowest BCUT2D eigenvalue weighted by Gasteiger charge is -2.18. The molecular formula is C12H19NO4. The van der Waals surface area contributed by atoms with E-state index in [9.17, 15) is 14.4 Å². The molecule has 0 aromatic heterocycles. The third kappa shape index (κ3) is 2.33. The van der Waals surface area contributed by atoms with Crippen molar-refractivity contribution in [3.8, 4) is 0 Å². The topological polar surface area (TPSA) is 63.7 Å². The van der Waals surface area contributed by atoms with Gasteiger partial charge in [-0.3, -0.25) is 9.59 Å². The fourth-order valence-electron chi connectivity index (χ4n) is 1.95. The first-order valence-electron chi connectivity index (χ1n) is 6.07. The zero-order chi connectivity index (χ0) is 13.1. The smallest absolute Gasteiger partial charge is 0.337 e. The first-order valence-corrected chi connectivity index (χ1v) is 6.07. The van der Waals surface area contributed by atoms with E-state index in [1.54, 1.807) is 20.8 Å². The van der Waals surface area contributed by atoms with Crippen LogP contribution < -0.4 is 0 Å². The van der Waals surface area contributed by atoms with Crippen LogP contribution in [0.25, 0.3) is 0 Å². The Hall–Kier alpha value is -1.39. The molecular weight excluding hydrogens is 222 g/mol. The monoisotopic (exact) mass is 241 g/mol. The number of rotatable bonds is 6. The van der Waals surface area contributed by atoms with Crippen LogP contribution in [0, 0.1) is 5.41 Å². The molecule has 1 aliphatic heterocycles. The summed E-state index contributed by atoms with van der Waals surface area (Å²) in [5, 5.41) is 1.04. The van der Waals surface area contributed by atoms with Crippen molar-refractivity contribution >= 4 is 17.7 Å². The van der Waals surface area contributed by atoms with Crippen molar-refractivity contribution in [3.05, 3.63) is 0 Å². The highest BCUT2D eigenvalue weighted by Crippen LogP contribution is 2.36. The van der Waals surface area contributed by atoms with Gasteiger partial charge in [0.1, 0.15) is 5.78 Å². The van der Waals surface area contributed by atoms with Gasteiger partial charge in [-0.25, -0.2) is 4.79 Å². The van der Waals surface area contributed by atoms with Crippen LogP contribution in [0.2, 0.25) is 0 Å². The minimum atomic E-state index is -1.03. The van der Waals surface area contributed by atoms with Crippen LogP contribution in [-0.4, -0.2) is 29.3 Å². The van der Waals surface area contributed by atoms with Gasteiger partial charge in [0.15, 0.2) is 5.41 Å². The summed E-state index contributed by atoms with van der Waals surface area (Å²) in [6, 6.07) is 0. The maximum atomic E-state index is 12.1. The number of carbonyl (C=O) groups is 3. The van der Waals surface area contributed by atoms with Crippen molar-refractivity contribution in [3.63, 3.8) is 0 Å². The molecule has 0 aromatic carbocycles. The lowest BCUT2D eigenvalue weighted by atomic mass is 9.82. The van der Waals surface area contributed by atoms with Gasteiger partial charge < -0.3 is 4.84 Å². The molecule has 1 amide bonds. The van der Waals surface area contributed by atoms with Gasteiger partial charge in [0, 0.05) is 12.8 Å². The number of amides is 1. The minimum absolute atomic E-state index is 0.0549. The van der Waals surface area contributed by atoms with Gasteiger partial charge in [-0.05, 0) is 12.8 Å². The standard InChI is InChI=1S/C12H19NO4/c1-4-9(14)7-8-13-10(15)12(5-2,6-3)11(16)17-13/h4-8H2,1-3H3. The Balaban J connectivity index is 2.71. The second-order valence-electron chi connectivity index (χ2n) is 4.22. The summed E-state index contributed by atoms with van der Waals surface area (Å²) in [6.07, 6.45) is 1.53. The molecule has 0 radical (unpaired) electrons. The highest BCUT2D eigenvalue weighted by Gasteiger charge is 2.54. The van der Waals surface area contributed by atoms with Crippen LogP contribution in [0.5, 0.6) is 0 Å². The molecule has 96 valence electrons. The van der Waals surface area contributed by atoms with Crippen LogP contribution in [-0.2, 0) is 19.2 Å². The number of ketones is 1. The molecule has 0 spiro atoms. The SMILES string of the molecule is CCC(=O)CCN1OC(=O)C(CC)(CC)C1=O. The maximum Gasteiger partial charge on any atom is 0.348 e. The molecule has 1 fully saturated rings. The fourth-order valence-corrected chi connectivity index (χ4v) is 1.95. The number of hydrogen-bond acceptors (Lipinski definition) is 4. The van der Waals surface area contributed by atoms with E-state index in [1.165, 1.54) is 0 Å². The number of hydrogen-bond donors (Lipinski definition) is 0. The van der Waals surface area contributed by atoms with Gasteiger partial charge in [-0.15, -0.1) is 0 Å². The molecule has 1 heterocycles. The second-order valence-corrected chi connectivity index (χ2v) is 4.22. The normalized spacial score (nSPS) is 18.4. The quantitative estimate of drug-likeness (QED) is 0.660. The van der Waals surface area contributed by atoms with E-state index < -0.39 is 11.4 Å². The van der Waals surface area contributed by atoms with Crippen molar-refractivity contribution in [2.24, 2.45) is 5.41 Å². The highest BCUT2D eigenvalue weighted by molar-refractivity contribution is 6.06. The summed E-state index contributed by atoms with van der Waals surface area (Å²) in [5.74, 6) is -0.743. The Labute approximate surface area is 101 Å². The molecule has 0 aliphatic carbocycles. The van der Waals surface area contributed by atoms with Crippen molar-refractivity contribution in [1.29, 1.82) is 0 Å². The van der Waals surface area contributed by atoms with E-state index >= 15 is 0 Å². The first-order chi connectivity index (χ1) is 8.01. The lowest BCUT2D eigenvalue weighted by molar-refractivity contribution is -0.179. The average Bonchev–Trinajstić information content (AvgIpc) is 2.58. The molecule has 17 heavy (non-hydrogen) atoms. The van der Waals surface area contributed by atoms with E-state index in [1.807, 2.05) is 0 Å². The predicted octanol–water partition coefficient (Wildman–Crippen LogP) is 1.46. The van der Waals surface area contributed by atoms with Crippen LogP contribution in [0.3, 0.4) is 0 Å². The summed E-state index contributed by atoms with van der Waals surface area (Å²) < 4.78 is 0. The summed E-state index contributed by atoms with van der Waals surface area (Å²) in [6.45, 7) is 5.52. The Bertz CT molecular complexity index is 333. The van der Waals surface area contributed by atoms with Crippen LogP contribution >= 0.6 is 0 Å². The molecule has 0 aromatic rings. The average molecular weight is 241 g/mol. The lowest BCUT2D eigenvalue weighted by Crippen LogP contribution is -2.36. The van der Waals surface area contributed by atoms with Crippen molar-refractivity contribution < 1.29 is 19.2 Å². The molecule has 0 unspecified atom stereocenters. The molecule has 0 saturated carbocycles. The molecule has 5 heteroatoms. The molecule has 0 atom stereocenters. The number of carbonyl (C=O) groups excluding carboxylic acids is 3. The van der Waals surface area contributed by atoms with E-state index in [0.29, 0.717) is 19.3 Å².